The van der Waals surface area contributed by atoms with Gasteiger partial charge in [-0.25, -0.2) is 0 Å². The molecule has 0 spiro atoms. The summed E-state index contributed by atoms with van der Waals surface area (Å²) in [6, 6.07) is 7.80. The summed E-state index contributed by atoms with van der Waals surface area (Å²) in [5, 5.41) is 8.44. The fraction of sp³-hybridized carbons (Fsp3) is 0.462. The maximum Gasteiger partial charge on any atom is 0.316 e. The molecule has 0 aliphatic heterocycles. The van der Waals surface area contributed by atoms with Crippen LogP contribution in [0.2, 0.25) is 0 Å². The van der Waals surface area contributed by atoms with Crippen LogP contribution in [0.15, 0.2) is 24.3 Å². The van der Waals surface area contributed by atoms with Gasteiger partial charge in [-0.15, -0.1) is 0 Å². The van der Waals surface area contributed by atoms with E-state index in [2.05, 4.69) is 0 Å². The Morgan fingerprint density at radius 2 is 1.94 bits per heavy atom. The van der Waals surface area contributed by atoms with Crippen LogP contribution >= 0.6 is 0 Å². The van der Waals surface area contributed by atoms with E-state index in [1.165, 1.54) is 5.56 Å². The minimum absolute atomic E-state index is 0.265. The van der Waals surface area contributed by atoms with Crippen molar-refractivity contribution in [3.05, 3.63) is 29.8 Å². The van der Waals surface area contributed by atoms with Crippen LogP contribution in [0.5, 0.6) is 5.75 Å². The van der Waals surface area contributed by atoms with Crippen molar-refractivity contribution in [1.29, 1.82) is 0 Å². The average molecular weight is 270 g/mol. The van der Waals surface area contributed by atoms with Gasteiger partial charge in [0.25, 0.3) is 0 Å². The van der Waals surface area contributed by atoms with E-state index in [0.717, 1.165) is 12.2 Å². The predicted molar refractivity (Wildman–Crippen MR) is 71.4 cm³/mol. The first kappa shape index (κ1) is 14.7. The predicted octanol–water partition coefficient (Wildman–Crippen LogP) is 1.99. The van der Waals surface area contributed by atoms with Crippen LogP contribution < -0.4 is 4.74 Å². The smallest absolute Gasteiger partial charge is 0.316 e. The Morgan fingerprint density at radius 1 is 1.28 bits per heavy atom. The normalized spacial score (nSPS) is 12.1. The van der Waals surface area contributed by atoms with Crippen molar-refractivity contribution >= 4 is 16.8 Å². The highest BCUT2D eigenvalue weighted by molar-refractivity contribution is 7.85. The third kappa shape index (κ3) is 6.39. The Hall–Kier alpha value is -1.36. The Labute approximate surface area is 109 Å². The Balaban J connectivity index is 2.10. The van der Waals surface area contributed by atoms with Crippen molar-refractivity contribution in [3.63, 3.8) is 0 Å². The van der Waals surface area contributed by atoms with Crippen LogP contribution in [0.4, 0.5) is 0 Å². The molecule has 0 aliphatic rings. The number of unbranched alkanes of at least 4 members (excludes halogenated alkanes) is 1. The molecule has 5 heteroatoms. The first-order valence-electron chi connectivity index (χ1n) is 5.84. The molecule has 0 saturated carbocycles. The molecular formula is C13H18O4S. The zero-order valence-electron chi connectivity index (χ0n) is 10.4. The standard InChI is InChI=1S/C13H18O4S/c1-11-4-6-12(7-5-11)17-8-2-3-9-18(16)10-13(14)15/h4-7H,2-3,8-10H2,1H3,(H,14,15). The number of hydrogen-bond donors (Lipinski definition) is 1. The van der Waals surface area contributed by atoms with Crippen molar-refractivity contribution in [2.75, 3.05) is 18.1 Å². The summed E-state index contributed by atoms with van der Waals surface area (Å²) in [6.45, 7) is 2.58. The molecule has 18 heavy (non-hydrogen) atoms. The van der Waals surface area contributed by atoms with Gasteiger partial charge in [-0.1, -0.05) is 17.7 Å². The van der Waals surface area contributed by atoms with Gasteiger partial charge in [-0.2, -0.15) is 0 Å². The Bertz CT molecular complexity index is 400. The number of aliphatic carboxylic acids is 1. The number of benzene rings is 1. The molecule has 1 N–H and O–H groups in total. The van der Waals surface area contributed by atoms with Gasteiger partial charge in [0.2, 0.25) is 0 Å². The summed E-state index contributed by atoms with van der Waals surface area (Å²) in [4.78, 5) is 10.3. The quantitative estimate of drug-likeness (QED) is 0.734. The molecule has 4 nitrogen and oxygen atoms in total. The molecule has 0 saturated heterocycles. The summed E-state index contributed by atoms with van der Waals surface area (Å²) < 4.78 is 16.7. The maximum atomic E-state index is 11.2. The van der Waals surface area contributed by atoms with Crippen LogP contribution in [0.3, 0.4) is 0 Å². The molecule has 0 amide bonds. The van der Waals surface area contributed by atoms with Gasteiger partial charge < -0.3 is 9.84 Å². The highest BCUT2D eigenvalue weighted by Gasteiger charge is 2.05. The molecule has 1 unspecified atom stereocenters. The van der Waals surface area contributed by atoms with Crippen LogP contribution in [0.25, 0.3) is 0 Å². The van der Waals surface area contributed by atoms with E-state index in [0.29, 0.717) is 18.8 Å². The summed E-state index contributed by atoms with van der Waals surface area (Å²) in [5.41, 5.74) is 1.19. The van der Waals surface area contributed by atoms with Crippen molar-refractivity contribution in [3.8, 4) is 5.75 Å². The number of carboxylic acids is 1. The second kappa shape index (κ2) is 7.87. The highest BCUT2D eigenvalue weighted by Crippen LogP contribution is 2.11. The van der Waals surface area contributed by atoms with E-state index in [4.69, 9.17) is 9.84 Å². The summed E-state index contributed by atoms with van der Waals surface area (Å²) in [6.07, 6.45) is 1.49. The van der Waals surface area contributed by atoms with Crippen LogP contribution in [0.1, 0.15) is 18.4 Å². The molecule has 1 aromatic rings. The summed E-state index contributed by atoms with van der Waals surface area (Å²) in [5.74, 6) is -0.0287. The van der Waals surface area contributed by atoms with Gasteiger partial charge in [0.05, 0.1) is 6.61 Å². The van der Waals surface area contributed by atoms with Crippen LogP contribution in [-0.4, -0.2) is 33.4 Å². The van der Waals surface area contributed by atoms with Gasteiger partial charge in [0.15, 0.2) is 0 Å². The lowest BCUT2D eigenvalue weighted by atomic mass is 10.2. The van der Waals surface area contributed by atoms with Gasteiger partial charge in [0.1, 0.15) is 11.5 Å². The van der Waals surface area contributed by atoms with Crippen molar-refractivity contribution < 1.29 is 18.8 Å². The molecule has 0 bridgehead atoms. The molecule has 1 aromatic carbocycles. The molecule has 100 valence electrons. The van der Waals surface area contributed by atoms with Crippen LogP contribution in [-0.2, 0) is 15.6 Å². The molecule has 0 radical (unpaired) electrons. The monoisotopic (exact) mass is 270 g/mol. The molecule has 1 rings (SSSR count). The lowest BCUT2D eigenvalue weighted by Crippen LogP contribution is -2.12. The number of carboxylic acid groups (broad SMARTS) is 1. The Morgan fingerprint density at radius 3 is 2.56 bits per heavy atom. The SMILES string of the molecule is Cc1ccc(OCCCCS(=O)CC(=O)O)cc1. The number of hydrogen-bond acceptors (Lipinski definition) is 3. The second-order valence-corrected chi connectivity index (χ2v) is 5.63. The molecule has 0 aliphatic carbocycles. The first-order chi connectivity index (χ1) is 8.58. The minimum atomic E-state index is -1.26. The molecule has 0 aromatic heterocycles. The molecule has 1 atom stereocenters. The molecule has 0 fully saturated rings. The van der Waals surface area contributed by atoms with Crippen molar-refractivity contribution in [2.45, 2.75) is 19.8 Å². The van der Waals surface area contributed by atoms with E-state index in [9.17, 15) is 9.00 Å². The van der Waals surface area contributed by atoms with E-state index >= 15 is 0 Å². The average Bonchev–Trinajstić information content (AvgIpc) is 2.30. The largest absolute Gasteiger partial charge is 0.494 e. The van der Waals surface area contributed by atoms with Crippen molar-refractivity contribution in [1.82, 2.24) is 0 Å². The van der Waals surface area contributed by atoms with E-state index in [1.807, 2.05) is 31.2 Å². The van der Waals surface area contributed by atoms with Crippen molar-refractivity contribution in [2.24, 2.45) is 0 Å². The van der Waals surface area contributed by atoms with Crippen LogP contribution in [0, 0.1) is 6.92 Å². The maximum absolute atomic E-state index is 11.2. The molecular weight excluding hydrogens is 252 g/mol. The fourth-order valence-corrected chi connectivity index (χ4v) is 2.35. The van der Waals surface area contributed by atoms with Gasteiger partial charge in [0, 0.05) is 16.6 Å². The van der Waals surface area contributed by atoms with E-state index in [-0.39, 0.29) is 5.75 Å². The summed E-state index contributed by atoms with van der Waals surface area (Å²) in [7, 11) is -1.26. The lowest BCUT2D eigenvalue weighted by molar-refractivity contribution is -0.133. The third-order valence-electron chi connectivity index (χ3n) is 2.34. The number of rotatable bonds is 8. The van der Waals surface area contributed by atoms with Gasteiger partial charge in [-0.05, 0) is 31.9 Å². The fourth-order valence-electron chi connectivity index (χ4n) is 1.40. The lowest BCUT2D eigenvalue weighted by Gasteiger charge is -2.06. The highest BCUT2D eigenvalue weighted by atomic mass is 32.2. The third-order valence-corrected chi connectivity index (χ3v) is 3.65. The zero-order chi connectivity index (χ0) is 13.4. The topological polar surface area (TPSA) is 63.6 Å². The summed E-state index contributed by atoms with van der Waals surface area (Å²) >= 11 is 0. The minimum Gasteiger partial charge on any atom is -0.494 e. The van der Waals surface area contributed by atoms with E-state index < -0.39 is 16.8 Å². The Kier molecular flexibility index (Phi) is 6.43. The zero-order valence-corrected chi connectivity index (χ0v) is 11.2. The number of carbonyl (C=O) groups is 1. The van der Waals surface area contributed by atoms with Gasteiger partial charge >= 0.3 is 5.97 Å². The number of ether oxygens (including phenoxy) is 1. The first-order valence-corrected chi connectivity index (χ1v) is 7.33. The van der Waals surface area contributed by atoms with E-state index in [1.54, 1.807) is 0 Å². The second-order valence-electron chi connectivity index (χ2n) is 4.05. The van der Waals surface area contributed by atoms with Gasteiger partial charge in [-0.3, -0.25) is 9.00 Å². The molecule has 0 heterocycles. The number of aryl methyl sites for hydroxylation is 1.